The maximum Gasteiger partial charge on any atom is 0.122 e. The van der Waals surface area contributed by atoms with Gasteiger partial charge in [-0.2, -0.15) is 0 Å². The fourth-order valence-corrected chi connectivity index (χ4v) is 2.40. The number of benzene rings is 2. The summed E-state index contributed by atoms with van der Waals surface area (Å²) in [6.07, 6.45) is 2.15. The molecule has 0 spiro atoms. The standard InChI is InChI=1S/C18H22ClNO/c1-20(2)13-7-10-15-8-4-6-12-18(15)21-14-16-9-3-5-11-17(16)19/h3-6,8-9,11-12H,7,10,13-14H2,1-2H3. The van der Waals surface area contributed by atoms with E-state index in [-0.39, 0.29) is 0 Å². The lowest BCUT2D eigenvalue weighted by atomic mass is 10.1. The Morgan fingerprint density at radius 1 is 0.952 bits per heavy atom. The average Bonchev–Trinajstić information content (AvgIpc) is 2.47. The van der Waals surface area contributed by atoms with Crippen molar-refractivity contribution in [2.75, 3.05) is 20.6 Å². The van der Waals surface area contributed by atoms with Crippen LogP contribution in [-0.2, 0) is 13.0 Å². The van der Waals surface area contributed by atoms with Crippen LogP contribution in [0.5, 0.6) is 5.75 Å². The van der Waals surface area contributed by atoms with Crippen LogP contribution in [0.15, 0.2) is 48.5 Å². The van der Waals surface area contributed by atoms with Gasteiger partial charge in [-0.25, -0.2) is 0 Å². The van der Waals surface area contributed by atoms with E-state index >= 15 is 0 Å². The van der Waals surface area contributed by atoms with Gasteiger partial charge in [0.1, 0.15) is 12.4 Å². The lowest BCUT2D eigenvalue weighted by molar-refractivity contribution is 0.302. The quantitative estimate of drug-likeness (QED) is 0.751. The number of rotatable bonds is 7. The van der Waals surface area contributed by atoms with Crippen molar-refractivity contribution < 1.29 is 4.74 Å². The number of halogens is 1. The summed E-state index contributed by atoms with van der Waals surface area (Å²) in [4.78, 5) is 2.20. The molecular weight excluding hydrogens is 282 g/mol. The zero-order chi connectivity index (χ0) is 15.1. The maximum absolute atomic E-state index is 6.16. The molecule has 0 heterocycles. The third-order valence-electron chi connectivity index (χ3n) is 3.37. The SMILES string of the molecule is CN(C)CCCc1ccccc1OCc1ccccc1Cl. The van der Waals surface area contributed by atoms with Gasteiger partial charge in [-0.05, 0) is 51.2 Å². The van der Waals surface area contributed by atoms with E-state index in [4.69, 9.17) is 16.3 Å². The summed E-state index contributed by atoms with van der Waals surface area (Å²) in [5.41, 5.74) is 2.27. The van der Waals surface area contributed by atoms with Crippen molar-refractivity contribution in [2.24, 2.45) is 0 Å². The smallest absolute Gasteiger partial charge is 0.122 e. The van der Waals surface area contributed by atoms with Crippen LogP contribution >= 0.6 is 11.6 Å². The Hall–Kier alpha value is -1.51. The molecule has 0 aliphatic heterocycles. The molecule has 2 aromatic carbocycles. The van der Waals surface area contributed by atoms with Crippen molar-refractivity contribution >= 4 is 11.6 Å². The number of hydrogen-bond acceptors (Lipinski definition) is 2. The minimum absolute atomic E-state index is 0.504. The first kappa shape index (κ1) is 15.9. The molecule has 0 radical (unpaired) electrons. The number of aryl methyl sites for hydroxylation is 1. The summed E-state index contributed by atoms with van der Waals surface area (Å²) in [5, 5.41) is 0.752. The molecule has 2 nitrogen and oxygen atoms in total. The van der Waals surface area contributed by atoms with Gasteiger partial charge in [-0.3, -0.25) is 0 Å². The van der Waals surface area contributed by atoms with Gasteiger partial charge in [0.25, 0.3) is 0 Å². The molecule has 0 aliphatic rings. The van der Waals surface area contributed by atoms with Gasteiger partial charge in [0.15, 0.2) is 0 Å². The van der Waals surface area contributed by atoms with Gasteiger partial charge < -0.3 is 9.64 Å². The Balaban J connectivity index is 1.98. The summed E-state index contributed by atoms with van der Waals surface area (Å²) in [7, 11) is 4.19. The van der Waals surface area contributed by atoms with Gasteiger partial charge in [0.2, 0.25) is 0 Å². The average molecular weight is 304 g/mol. The molecule has 3 heteroatoms. The molecular formula is C18H22ClNO. The molecule has 0 fully saturated rings. The first-order chi connectivity index (χ1) is 10.2. The normalized spacial score (nSPS) is 10.9. The lowest BCUT2D eigenvalue weighted by Gasteiger charge is -2.13. The summed E-state index contributed by atoms with van der Waals surface area (Å²) >= 11 is 6.16. The number of nitrogens with zero attached hydrogens (tertiary/aromatic N) is 1. The molecule has 21 heavy (non-hydrogen) atoms. The molecule has 0 saturated carbocycles. The van der Waals surface area contributed by atoms with Gasteiger partial charge in [-0.1, -0.05) is 48.0 Å². The first-order valence-electron chi connectivity index (χ1n) is 7.25. The van der Waals surface area contributed by atoms with E-state index in [2.05, 4.69) is 31.1 Å². The number of ether oxygens (including phenoxy) is 1. The van der Waals surface area contributed by atoms with Crippen LogP contribution in [0.1, 0.15) is 17.5 Å². The second-order valence-electron chi connectivity index (χ2n) is 5.39. The summed E-state index contributed by atoms with van der Waals surface area (Å²) in [6.45, 7) is 1.59. The highest BCUT2D eigenvalue weighted by molar-refractivity contribution is 6.31. The third kappa shape index (κ3) is 5.07. The van der Waals surface area contributed by atoms with E-state index in [1.165, 1.54) is 5.56 Å². The number of para-hydroxylation sites is 1. The second-order valence-corrected chi connectivity index (χ2v) is 5.80. The lowest BCUT2D eigenvalue weighted by Crippen LogP contribution is -2.13. The minimum atomic E-state index is 0.504. The zero-order valence-corrected chi connectivity index (χ0v) is 13.4. The third-order valence-corrected chi connectivity index (χ3v) is 3.73. The van der Waals surface area contributed by atoms with E-state index in [1.807, 2.05) is 36.4 Å². The van der Waals surface area contributed by atoms with E-state index in [9.17, 15) is 0 Å². The van der Waals surface area contributed by atoms with Crippen molar-refractivity contribution in [2.45, 2.75) is 19.4 Å². The molecule has 112 valence electrons. The van der Waals surface area contributed by atoms with E-state index < -0.39 is 0 Å². The van der Waals surface area contributed by atoms with Crippen molar-refractivity contribution in [1.29, 1.82) is 0 Å². The van der Waals surface area contributed by atoms with Crippen molar-refractivity contribution in [1.82, 2.24) is 4.90 Å². The van der Waals surface area contributed by atoms with E-state index in [0.29, 0.717) is 6.61 Å². The summed E-state index contributed by atoms with van der Waals surface area (Å²) < 4.78 is 5.96. The predicted octanol–water partition coefficient (Wildman–Crippen LogP) is 4.41. The first-order valence-corrected chi connectivity index (χ1v) is 7.63. The van der Waals surface area contributed by atoms with Crippen LogP contribution in [0.2, 0.25) is 5.02 Å². The molecule has 0 aliphatic carbocycles. The Morgan fingerprint density at radius 3 is 2.33 bits per heavy atom. The molecule has 0 amide bonds. The molecule has 0 atom stereocenters. The molecule has 0 bridgehead atoms. The van der Waals surface area contributed by atoms with E-state index in [0.717, 1.165) is 35.7 Å². The van der Waals surface area contributed by atoms with Crippen molar-refractivity contribution in [3.8, 4) is 5.75 Å². The Morgan fingerprint density at radius 2 is 1.62 bits per heavy atom. The minimum Gasteiger partial charge on any atom is -0.489 e. The number of hydrogen-bond donors (Lipinski definition) is 0. The predicted molar refractivity (Wildman–Crippen MR) is 89.1 cm³/mol. The molecule has 2 rings (SSSR count). The summed E-state index contributed by atoms with van der Waals surface area (Å²) in [5.74, 6) is 0.955. The van der Waals surface area contributed by atoms with Gasteiger partial charge >= 0.3 is 0 Å². The van der Waals surface area contributed by atoms with Gasteiger partial charge in [-0.15, -0.1) is 0 Å². The van der Waals surface area contributed by atoms with Crippen LogP contribution in [0.4, 0.5) is 0 Å². The topological polar surface area (TPSA) is 12.5 Å². The fourth-order valence-electron chi connectivity index (χ4n) is 2.21. The highest BCUT2D eigenvalue weighted by Crippen LogP contribution is 2.23. The van der Waals surface area contributed by atoms with Gasteiger partial charge in [0, 0.05) is 10.6 Å². The van der Waals surface area contributed by atoms with E-state index in [1.54, 1.807) is 0 Å². The molecule has 0 saturated heterocycles. The van der Waals surface area contributed by atoms with Crippen LogP contribution in [0, 0.1) is 0 Å². The fraction of sp³-hybridized carbons (Fsp3) is 0.333. The zero-order valence-electron chi connectivity index (χ0n) is 12.7. The van der Waals surface area contributed by atoms with Gasteiger partial charge in [0.05, 0.1) is 0 Å². The van der Waals surface area contributed by atoms with Crippen molar-refractivity contribution in [3.05, 3.63) is 64.7 Å². The van der Waals surface area contributed by atoms with Crippen LogP contribution in [0.3, 0.4) is 0 Å². The molecule has 0 N–H and O–H groups in total. The second kappa shape index (κ2) is 8.06. The van der Waals surface area contributed by atoms with Crippen molar-refractivity contribution in [3.63, 3.8) is 0 Å². The van der Waals surface area contributed by atoms with Crippen LogP contribution in [-0.4, -0.2) is 25.5 Å². The Bertz CT molecular complexity index is 569. The highest BCUT2D eigenvalue weighted by Gasteiger charge is 2.05. The molecule has 2 aromatic rings. The monoisotopic (exact) mass is 303 g/mol. The Labute approximate surface area is 132 Å². The van der Waals surface area contributed by atoms with Crippen LogP contribution in [0.25, 0.3) is 0 Å². The highest BCUT2D eigenvalue weighted by atomic mass is 35.5. The maximum atomic E-state index is 6.16. The Kier molecular flexibility index (Phi) is 6.09. The summed E-state index contributed by atoms with van der Waals surface area (Å²) in [6, 6.07) is 16.0. The van der Waals surface area contributed by atoms with Crippen LogP contribution < -0.4 is 4.74 Å². The molecule has 0 aromatic heterocycles. The largest absolute Gasteiger partial charge is 0.489 e. The molecule has 0 unspecified atom stereocenters.